The third-order valence-electron chi connectivity index (χ3n) is 4.34. The molecule has 0 bridgehead atoms. The lowest BCUT2D eigenvalue weighted by molar-refractivity contribution is 0.377. The van der Waals surface area contributed by atoms with Gasteiger partial charge in [0.1, 0.15) is 0 Å². The number of sulfone groups is 1. The topological polar surface area (TPSA) is 49.4 Å². The first-order chi connectivity index (χ1) is 10.1. The van der Waals surface area contributed by atoms with Crippen molar-refractivity contribution < 1.29 is 8.42 Å². The predicted molar refractivity (Wildman–Crippen MR) is 87.6 cm³/mol. The van der Waals surface area contributed by atoms with Crippen LogP contribution in [0.25, 0.3) is 0 Å². The molecule has 1 aliphatic rings. The first-order valence-electron chi connectivity index (χ1n) is 7.79. The van der Waals surface area contributed by atoms with E-state index in [1.807, 2.05) is 25.2 Å². The Balaban J connectivity index is 2.11. The Hall–Kier alpha value is -1.07. The largest absolute Gasteiger partial charge is 0.370 e. The molecule has 0 aromatic heterocycles. The van der Waals surface area contributed by atoms with Crippen molar-refractivity contribution in [1.29, 1.82) is 0 Å². The monoisotopic (exact) mass is 310 g/mol. The van der Waals surface area contributed by atoms with Gasteiger partial charge in [-0.2, -0.15) is 0 Å². The summed E-state index contributed by atoms with van der Waals surface area (Å²) in [5, 5.41) is 3.20. The van der Waals surface area contributed by atoms with Crippen molar-refractivity contribution in [3.05, 3.63) is 24.3 Å². The van der Waals surface area contributed by atoms with Gasteiger partial charge in [-0.15, -0.1) is 0 Å². The molecular weight excluding hydrogens is 284 g/mol. The summed E-state index contributed by atoms with van der Waals surface area (Å²) < 4.78 is 24.5. The number of nitrogens with zero attached hydrogens (tertiary/aromatic N) is 1. The Kier molecular flexibility index (Phi) is 5.65. The Morgan fingerprint density at radius 3 is 2.52 bits per heavy atom. The van der Waals surface area contributed by atoms with Crippen LogP contribution in [-0.2, 0) is 9.84 Å². The van der Waals surface area contributed by atoms with Gasteiger partial charge in [0.2, 0.25) is 0 Å². The summed E-state index contributed by atoms with van der Waals surface area (Å²) in [5.74, 6) is 0.909. The minimum Gasteiger partial charge on any atom is -0.370 e. The van der Waals surface area contributed by atoms with Crippen molar-refractivity contribution >= 4 is 15.5 Å². The van der Waals surface area contributed by atoms with Crippen LogP contribution in [0.1, 0.15) is 26.2 Å². The molecule has 1 aromatic carbocycles. The Bertz CT molecular complexity index is 549. The lowest BCUT2D eigenvalue weighted by atomic mass is 9.93. The Labute approximate surface area is 128 Å². The number of anilines is 1. The second kappa shape index (κ2) is 7.27. The quantitative estimate of drug-likeness (QED) is 0.876. The highest BCUT2D eigenvalue weighted by Crippen LogP contribution is 2.30. The summed E-state index contributed by atoms with van der Waals surface area (Å²) in [5.41, 5.74) is 0.881. The molecule has 0 saturated carbocycles. The van der Waals surface area contributed by atoms with Gasteiger partial charge in [-0.05, 0) is 50.9 Å². The van der Waals surface area contributed by atoms with Gasteiger partial charge in [0.05, 0.1) is 16.3 Å². The number of para-hydroxylation sites is 1. The van der Waals surface area contributed by atoms with Crippen molar-refractivity contribution in [3.8, 4) is 0 Å². The highest BCUT2D eigenvalue weighted by atomic mass is 32.2. The Morgan fingerprint density at radius 1 is 1.24 bits per heavy atom. The molecule has 1 aliphatic heterocycles. The first kappa shape index (κ1) is 16.3. The molecule has 21 heavy (non-hydrogen) atoms. The van der Waals surface area contributed by atoms with E-state index in [0.29, 0.717) is 4.90 Å². The summed E-state index contributed by atoms with van der Waals surface area (Å²) in [7, 11) is -1.17. The fraction of sp³-hybridized carbons (Fsp3) is 0.625. The highest BCUT2D eigenvalue weighted by molar-refractivity contribution is 7.91. The van der Waals surface area contributed by atoms with Gasteiger partial charge >= 0.3 is 0 Å². The third kappa shape index (κ3) is 3.98. The smallest absolute Gasteiger partial charge is 0.180 e. The van der Waals surface area contributed by atoms with Crippen LogP contribution in [0.3, 0.4) is 0 Å². The van der Waals surface area contributed by atoms with Gasteiger partial charge < -0.3 is 10.2 Å². The molecular formula is C16H26N2O2S. The summed E-state index contributed by atoms with van der Waals surface area (Å²) >= 11 is 0. The van der Waals surface area contributed by atoms with Crippen molar-refractivity contribution in [2.45, 2.75) is 31.1 Å². The molecule has 0 spiro atoms. The SMILES string of the molecule is CCS(=O)(=O)c1ccccc1N1CCC(CCNC)CC1. The van der Waals surface area contributed by atoms with E-state index >= 15 is 0 Å². The zero-order valence-electron chi connectivity index (χ0n) is 13.0. The van der Waals surface area contributed by atoms with Crippen molar-refractivity contribution in [1.82, 2.24) is 5.32 Å². The van der Waals surface area contributed by atoms with Gasteiger partial charge in [-0.25, -0.2) is 8.42 Å². The van der Waals surface area contributed by atoms with Crippen LogP contribution >= 0.6 is 0 Å². The molecule has 0 amide bonds. The molecule has 4 nitrogen and oxygen atoms in total. The van der Waals surface area contributed by atoms with Crippen molar-refractivity contribution in [3.63, 3.8) is 0 Å². The summed E-state index contributed by atoms with van der Waals surface area (Å²) in [6, 6.07) is 7.42. The van der Waals surface area contributed by atoms with Gasteiger partial charge in [0.15, 0.2) is 9.84 Å². The maximum absolute atomic E-state index is 12.2. The van der Waals surface area contributed by atoms with E-state index < -0.39 is 9.84 Å². The predicted octanol–water partition coefficient (Wildman–Crippen LogP) is 2.31. The molecule has 1 heterocycles. The van der Waals surface area contributed by atoms with Crippen LogP contribution in [0.4, 0.5) is 5.69 Å². The molecule has 1 N–H and O–H groups in total. The lowest BCUT2D eigenvalue weighted by Crippen LogP contribution is -2.35. The lowest BCUT2D eigenvalue weighted by Gasteiger charge is -2.34. The van der Waals surface area contributed by atoms with Crippen LogP contribution in [0.5, 0.6) is 0 Å². The van der Waals surface area contributed by atoms with E-state index in [0.717, 1.165) is 44.1 Å². The van der Waals surface area contributed by atoms with Gasteiger partial charge in [0.25, 0.3) is 0 Å². The molecule has 0 unspecified atom stereocenters. The number of hydrogen-bond acceptors (Lipinski definition) is 4. The molecule has 2 rings (SSSR count). The van der Waals surface area contributed by atoms with Crippen LogP contribution in [-0.4, -0.2) is 40.9 Å². The zero-order valence-corrected chi connectivity index (χ0v) is 13.8. The van der Waals surface area contributed by atoms with E-state index in [-0.39, 0.29) is 5.75 Å². The van der Waals surface area contributed by atoms with E-state index in [1.54, 1.807) is 13.0 Å². The second-order valence-electron chi connectivity index (χ2n) is 5.69. The molecule has 1 aromatic rings. The minimum absolute atomic E-state index is 0.155. The van der Waals surface area contributed by atoms with Crippen LogP contribution in [0.2, 0.25) is 0 Å². The van der Waals surface area contributed by atoms with Gasteiger partial charge in [0, 0.05) is 13.1 Å². The second-order valence-corrected chi connectivity index (χ2v) is 7.94. The molecule has 1 fully saturated rings. The van der Waals surface area contributed by atoms with Crippen molar-refractivity contribution in [2.75, 3.05) is 37.3 Å². The maximum atomic E-state index is 12.2. The standard InChI is InChI=1S/C16H26N2O2S/c1-3-21(19,20)16-7-5-4-6-15(16)18-12-9-14(10-13-18)8-11-17-2/h4-7,14,17H,3,8-13H2,1-2H3. The number of rotatable bonds is 6. The van der Waals surface area contributed by atoms with Crippen LogP contribution < -0.4 is 10.2 Å². The van der Waals surface area contributed by atoms with E-state index in [1.165, 1.54) is 6.42 Å². The first-order valence-corrected chi connectivity index (χ1v) is 9.45. The van der Waals surface area contributed by atoms with Crippen molar-refractivity contribution in [2.24, 2.45) is 5.92 Å². The average molecular weight is 310 g/mol. The summed E-state index contributed by atoms with van der Waals surface area (Å²) in [6.45, 7) is 4.66. The van der Waals surface area contributed by atoms with Crippen LogP contribution in [0.15, 0.2) is 29.2 Å². The molecule has 118 valence electrons. The zero-order chi connectivity index (χ0) is 15.3. The third-order valence-corrected chi connectivity index (χ3v) is 6.11. The fourth-order valence-corrected chi connectivity index (χ4v) is 4.06. The number of hydrogen-bond donors (Lipinski definition) is 1. The van der Waals surface area contributed by atoms with E-state index in [2.05, 4.69) is 10.2 Å². The molecule has 0 atom stereocenters. The molecule has 0 aliphatic carbocycles. The fourth-order valence-electron chi connectivity index (χ4n) is 2.95. The molecule has 1 saturated heterocycles. The highest BCUT2D eigenvalue weighted by Gasteiger charge is 2.24. The minimum atomic E-state index is -3.16. The maximum Gasteiger partial charge on any atom is 0.180 e. The van der Waals surface area contributed by atoms with E-state index in [4.69, 9.17) is 0 Å². The number of benzene rings is 1. The van der Waals surface area contributed by atoms with Gasteiger partial charge in [-0.1, -0.05) is 19.1 Å². The average Bonchev–Trinajstić information content (AvgIpc) is 2.53. The van der Waals surface area contributed by atoms with Crippen LogP contribution in [0, 0.1) is 5.92 Å². The van der Waals surface area contributed by atoms with E-state index in [9.17, 15) is 8.42 Å². The summed E-state index contributed by atoms with van der Waals surface area (Å²) in [6.07, 6.45) is 3.49. The number of piperidine rings is 1. The van der Waals surface area contributed by atoms with Gasteiger partial charge in [-0.3, -0.25) is 0 Å². The molecule has 5 heteroatoms. The Morgan fingerprint density at radius 2 is 1.90 bits per heavy atom. The molecule has 0 radical (unpaired) electrons. The summed E-state index contributed by atoms with van der Waals surface area (Å²) in [4.78, 5) is 2.72. The normalized spacial score (nSPS) is 17.1. The number of nitrogens with one attached hydrogen (secondary N) is 1.